The number of methoxy groups -OCH3 is 1. The zero-order valence-electron chi connectivity index (χ0n) is 13.3. The number of aryl methyl sites for hydroxylation is 2. The van der Waals surface area contributed by atoms with Crippen molar-refractivity contribution >= 4 is 0 Å². The Morgan fingerprint density at radius 2 is 1.90 bits per heavy atom. The Hall–Kier alpha value is -1.06. The predicted octanol–water partition coefficient (Wildman–Crippen LogP) is 3.15. The first-order valence-electron chi connectivity index (χ1n) is 7.58. The van der Waals surface area contributed by atoms with Gasteiger partial charge in [0, 0.05) is 19.6 Å². The maximum absolute atomic E-state index is 6.24. The zero-order valence-corrected chi connectivity index (χ0v) is 13.3. The summed E-state index contributed by atoms with van der Waals surface area (Å²) in [5, 5.41) is 3.52. The van der Waals surface area contributed by atoms with E-state index in [-0.39, 0.29) is 12.2 Å². The summed E-state index contributed by atoms with van der Waals surface area (Å²) in [5.41, 5.74) is 3.72. The van der Waals surface area contributed by atoms with Crippen LogP contribution in [0.25, 0.3) is 0 Å². The van der Waals surface area contributed by atoms with Crippen LogP contribution in [0.1, 0.15) is 36.5 Å². The molecule has 0 amide bonds. The molecule has 0 aromatic heterocycles. The van der Waals surface area contributed by atoms with Crippen LogP contribution in [-0.4, -0.2) is 31.9 Å². The van der Waals surface area contributed by atoms with Gasteiger partial charge in [0.15, 0.2) is 0 Å². The first-order valence-corrected chi connectivity index (χ1v) is 7.58. The first kappa shape index (κ1) is 15.3. The minimum Gasteiger partial charge on any atom is -0.487 e. The van der Waals surface area contributed by atoms with Crippen LogP contribution in [0.5, 0.6) is 5.75 Å². The van der Waals surface area contributed by atoms with E-state index < -0.39 is 0 Å². The van der Waals surface area contributed by atoms with E-state index in [9.17, 15) is 0 Å². The Balaban J connectivity index is 2.03. The summed E-state index contributed by atoms with van der Waals surface area (Å²) >= 11 is 0. The van der Waals surface area contributed by atoms with E-state index in [1.54, 1.807) is 7.11 Å². The van der Waals surface area contributed by atoms with Gasteiger partial charge in [0.1, 0.15) is 18.0 Å². The highest BCUT2D eigenvalue weighted by atomic mass is 16.5. The Morgan fingerprint density at radius 1 is 1.20 bits per heavy atom. The summed E-state index contributed by atoms with van der Waals surface area (Å²) in [6.07, 6.45) is 2.48. The van der Waals surface area contributed by atoms with Crippen molar-refractivity contribution in [1.82, 2.24) is 5.32 Å². The predicted molar refractivity (Wildman–Crippen MR) is 82.6 cm³/mol. The van der Waals surface area contributed by atoms with Gasteiger partial charge in [-0.3, -0.25) is 0 Å². The van der Waals surface area contributed by atoms with Crippen molar-refractivity contribution in [3.05, 3.63) is 28.8 Å². The summed E-state index contributed by atoms with van der Waals surface area (Å²) in [5.74, 6) is 1.03. The molecule has 1 aliphatic rings. The van der Waals surface area contributed by atoms with Gasteiger partial charge in [0.25, 0.3) is 0 Å². The fourth-order valence-electron chi connectivity index (χ4n) is 2.80. The van der Waals surface area contributed by atoms with Gasteiger partial charge in [-0.1, -0.05) is 19.1 Å². The molecule has 1 aliphatic carbocycles. The maximum atomic E-state index is 6.24. The Bertz CT molecular complexity index is 459. The second-order valence-corrected chi connectivity index (χ2v) is 5.81. The molecule has 0 saturated heterocycles. The van der Waals surface area contributed by atoms with E-state index in [2.05, 4.69) is 45.1 Å². The van der Waals surface area contributed by atoms with Gasteiger partial charge < -0.3 is 14.8 Å². The SMILES string of the molecule is CCCNC1CC(Oc2c(C)ccc(C)c2C)C1OC. The van der Waals surface area contributed by atoms with Crippen molar-refractivity contribution in [2.24, 2.45) is 0 Å². The second kappa shape index (κ2) is 6.59. The third kappa shape index (κ3) is 2.99. The van der Waals surface area contributed by atoms with Crippen LogP contribution in [0.3, 0.4) is 0 Å². The maximum Gasteiger partial charge on any atom is 0.128 e. The Morgan fingerprint density at radius 3 is 2.55 bits per heavy atom. The van der Waals surface area contributed by atoms with Gasteiger partial charge in [-0.2, -0.15) is 0 Å². The fraction of sp³-hybridized carbons (Fsp3) is 0.647. The standard InChI is InChI=1S/C17H27NO2/c1-6-9-18-14-10-15(17(14)19-5)20-16-12(3)8-7-11(2)13(16)4/h7-8,14-15,17-18H,6,9-10H2,1-5H3. The molecule has 2 rings (SSSR count). The van der Waals surface area contributed by atoms with Crippen molar-refractivity contribution in [2.75, 3.05) is 13.7 Å². The third-order valence-corrected chi connectivity index (χ3v) is 4.32. The van der Waals surface area contributed by atoms with Crippen LogP contribution < -0.4 is 10.1 Å². The highest BCUT2D eigenvalue weighted by Crippen LogP contribution is 2.33. The Kier molecular flexibility index (Phi) is 5.06. The average Bonchev–Trinajstić information content (AvgIpc) is 2.41. The molecule has 1 aromatic carbocycles. The molecule has 3 heteroatoms. The normalized spacial score (nSPS) is 25.4. The number of benzene rings is 1. The van der Waals surface area contributed by atoms with E-state index >= 15 is 0 Å². The average molecular weight is 277 g/mol. The molecule has 0 heterocycles. The molecule has 0 radical (unpaired) electrons. The summed E-state index contributed by atoms with van der Waals surface area (Å²) < 4.78 is 11.8. The number of ether oxygens (including phenoxy) is 2. The van der Waals surface area contributed by atoms with Gasteiger partial charge in [-0.05, 0) is 50.4 Å². The van der Waals surface area contributed by atoms with Crippen molar-refractivity contribution < 1.29 is 9.47 Å². The van der Waals surface area contributed by atoms with Crippen LogP contribution in [0.4, 0.5) is 0 Å². The van der Waals surface area contributed by atoms with E-state index in [0.29, 0.717) is 6.04 Å². The summed E-state index contributed by atoms with van der Waals surface area (Å²) in [7, 11) is 1.77. The van der Waals surface area contributed by atoms with Gasteiger partial charge in [0.05, 0.1) is 0 Å². The van der Waals surface area contributed by atoms with E-state index in [1.807, 2.05) is 0 Å². The number of rotatable bonds is 6. The van der Waals surface area contributed by atoms with Crippen LogP contribution in [-0.2, 0) is 4.74 Å². The molecule has 1 N–H and O–H groups in total. The topological polar surface area (TPSA) is 30.5 Å². The van der Waals surface area contributed by atoms with E-state index in [0.717, 1.165) is 25.1 Å². The number of hydrogen-bond donors (Lipinski definition) is 1. The van der Waals surface area contributed by atoms with Crippen molar-refractivity contribution in [3.8, 4) is 5.75 Å². The van der Waals surface area contributed by atoms with Crippen molar-refractivity contribution in [2.45, 2.75) is 58.8 Å². The van der Waals surface area contributed by atoms with Crippen molar-refractivity contribution in [1.29, 1.82) is 0 Å². The molecule has 1 saturated carbocycles. The molecule has 20 heavy (non-hydrogen) atoms. The van der Waals surface area contributed by atoms with Gasteiger partial charge in [0.2, 0.25) is 0 Å². The molecule has 0 aliphatic heterocycles. The lowest BCUT2D eigenvalue weighted by Crippen LogP contribution is -2.61. The monoisotopic (exact) mass is 277 g/mol. The summed E-state index contributed by atoms with van der Waals surface area (Å²) in [4.78, 5) is 0. The quantitative estimate of drug-likeness (QED) is 0.866. The van der Waals surface area contributed by atoms with E-state index in [4.69, 9.17) is 9.47 Å². The van der Waals surface area contributed by atoms with Gasteiger partial charge in [-0.25, -0.2) is 0 Å². The summed E-state index contributed by atoms with van der Waals surface area (Å²) in [6.45, 7) is 9.59. The largest absolute Gasteiger partial charge is 0.487 e. The fourth-order valence-corrected chi connectivity index (χ4v) is 2.80. The highest BCUT2D eigenvalue weighted by molar-refractivity contribution is 5.44. The first-order chi connectivity index (χ1) is 9.58. The molecule has 3 atom stereocenters. The minimum atomic E-state index is 0.154. The van der Waals surface area contributed by atoms with Crippen molar-refractivity contribution in [3.63, 3.8) is 0 Å². The molecule has 0 spiro atoms. The van der Waals surface area contributed by atoms with Crippen LogP contribution >= 0.6 is 0 Å². The lowest BCUT2D eigenvalue weighted by Gasteiger charge is -2.44. The smallest absolute Gasteiger partial charge is 0.128 e. The molecule has 1 fully saturated rings. The minimum absolute atomic E-state index is 0.154. The summed E-state index contributed by atoms with van der Waals surface area (Å²) in [6, 6.07) is 4.71. The van der Waals surface area contributed by atoms with E-state index in [1.165, 1.54) is 16.7 Å². The molecular weight excluding hydrogens is 250 g/mol. The Labute approximate surface area is 122 Å². The molecular formula is C17H27NO2. The van der Waals surface area contributed by atoms with Crippen LogP contribution in [0.2, 0.25) is 0 Å². The molecule has 112 valence electrons. The molecule has 3 unspecified atom stereocenters. The van der Waals surface area contributed by atoms with Gasteiger partial charge >= 0.3 is 0 Å². The van der Waals surface area contributed by atoms with Crippen LogP contribution in [0, 0.1) is 20.8 Å². The molecule has 1 aromatic rings. The number of nitrogens with one attached hydrogen (secondary N) is 1. The lowest BCUT2D eigenvalue weighted by atomic mass is 9.85. The highest BCUT2D eigenvalue weighted by Gasteiger charge is 2.43. The third-order valence-electron chi connectivity index (χ3n) is 4.32. The van der Waals surface area contributed by atoms with Gasteiger partial charge in [-0.15, -0.1) is 0 Å². The lowest BCUT2D eigenvalue weighted by molar-refractivity contribution is -0.0891. The number of hydrogen-bond acceptors (Lipinski definition) is 3. The molecule has 3 nitrogen and oxygen atoms in total. The van der Waals surface area contributed by atoms with Crippen LogP contribution in [0.15, 0.2) is 12.1 Å². The molecule has 0 bridgehead atoms. The second-order valence-electron chi connectivity index (χ2n) is 5.81. The zero-order chi connectivity index (χ0) is 14.7.